The van der Waals surface area contributed by atoms with Gasteiger partial charge in [0.25, 0.3) is 5.91 Å². The highest BCUT2D eigenvalue weighted by Gasteiger charge is 2.35. The Balaban J connectivity index is 1.86. The van der Waals surface area contributed by atoms with Gasteiger partial charge in [0.1, 0.15) is 5.75 Å². The molecule has 31 heavy (non-hydrogen) atoms. The summed E-state index contributed by atoms with van der Waals surface area (Å²) in [4.78, 5) is 25.5. The largest absolute Gasteiger partial charge is 0.497 e. The number of carbonyl (C=O) groups excluding carboxylic acids is 1. The zero-order valence-electron chi connectivity index (χ0n) is 16.4. The van der Waals surface area contributed by atoms with E-state index in [0.717, 1.165) is 17.7 Å². The molecule has 0 bridgehead atoms. The molecular formula is C21H20BrF3N2O4. The van der Waals surface area contributed by atoms with Crippen LogP contribution < -0.4 is 10.1 Å². The minimum atomic E-state index is -4.59. The average molecular weight is 501 g/mol. The molecular weight excluding hydrogens is 481 g/mol. The third-order valence-corrected chi connectivity index (χ3v) is 5.69. The van der Waals surface area contributed by atoms with Crippen molar-refractivity contribution in [3.05, 3.63) is 63.6 Å². The number of carboxylic acid groups (broad SMARTS) is 1. The second-order valence-electron chi connectivity index (χ2n) is 7.20. The first-order valence-electron chi connectivity index (χ1n) is 9.39. The van der Waals surface area contributed by atoms with Crippen LogP contribution in [-0.2, 0) is 6.18 Å². The molecule has 1 heterocycles. The van der Waals surface area contributed by atoms with Crippen LogP contribution in [0.15, 0.2) is 46.9 Å². The van der Waals surface area contributed by atoms with Crippen LogP contribution in [0.2, 0.25) is 0 Å². The minimum Gasteiger partial charge on any atom is -0.497 e. The molecule has 1 fully saturated rings. The van der Waals surface area contributed by atoms with Gasteiger partial charge in [-0.15, -0.1) is 0 Å². The van der Waals surface area contributed by atoms with Crippen LogP contribution in [0.5, 0.6) is 5.75 Å². The Labute approximate surface area is 185 Å². The molecule has 10 heteroatoms. The predicted molar refractivity (Wildman–Crippen MR) is 110 cm³/mol. The van der Waals surface area contributed by atoms with Gasteiger partial charge in [0.2, 0.25) is 0 Å². The van der Waals surface area contributed by atoms with Crippen LogP contribution in [0.3, 0.4) is 0 Å². The summed E-state index contributed by atoms with van der Waals surface area (Å²) in [6.45, 7) is 0.359. The number of nitrogens with one attached hydrogen (secondary N) is 1. The monoisotopic (exact) mass is 500 g/mol. The summed E-state index contributed by atoms with van der Waals surface area (Å²) >= 11 is 3.02. The Morgan fingerprint density at radius 3 is 2.45 bits per heavy atom. The third-order valence-electron chi connectivity index (χ3n) is 5.23. The van der Waals surface area contributed by atoms with Crippen LogP contribution in [0.25, 0.3) is 0 Å². The number of alkyl halides is 3. The Bertz CT molecular complexity index is 966. The summed E-state index contributed by atoms with van der Waals surface area (Å²) in [5.41, 5.74) is -0.266. The van der Waals surface area contributed by atoms with Gasteiger partial charge >= 0.3 is 12.3 Å². The van der Waals surface area contributed by atoms with Gasteiger partial charge in [-0.2, -0.15) is 13.2 Å². The van der Waals surface area contributed by atoms with E-state index in [2.05, 4.69) is 21.2 Å². The van der Waals surface area contributed by atoms with Crippen molar-refractivity contribution < 1.29 is 32.6 Å². The molecule has 0 unspecified atom stereocenters. The van der Waals surface area contributed by atoms with Crippen molar-refractivity contribution in [1.82, 2.24) is 10.2 Å². The average Bonchev–Trinajstić information content (AvgIpc) is 2.73. The fourth-order valence-corrected chi connectivity index (χ4v) is 4.12. The summed E-state index contributed by atoms with van der Waals surface area (Å²) in [7, 11) is 1.53. The summed E-state index contributed by atoms with van der Waals surface area (Å²) < 4.78 is 44.6. The van der Waals surface area contributed by atoms with Crippen molar-refractivity contribution in [2.24, 2.45) is 0 Å². The number of likely N-dealkylation sites (tertiary alicyclic amines) is 1. The van der Waals surface area contributed by atoms with E-state index in [1.165, 1.54) is 18.1 Å². The van der Waals surface area contributed by atoms with Crippen molar-refractivity contribution in [2.75, 3.05) is 20.2 Å². The van der Waals surface area contributed by atoms with E-state index in [1.807, 2.05) is 0 Å². The van der Waals surface area contributed by atoms with Crippen LogP contribution in [0, 0.1) is 0 Å². The number of carbonyl (C=O) groups is 2. The number of methoxy groups -OCH3 is 1. The number of hydrogen-bond donors (Lipinski definition) is 2. The van der Waals surface area contributed by atoms with Crippen molar-refractivity contribution in [3.8, 4) is 5.75 Å². The number of amides is 2. The fourth-order valence-electron chi connectivity index (χ4n) is 3.62. The van der Waals surface area contributed by atoms with Gasteiger partial charge in [-0.25, -0.2) is 4.79 Å². The molecule has 1 saturated heterocycles. The van der Waals surface area contributed by atoms with E-state index in [4.69, 9.17) is 4.74 Å². The highest BCUT2D eigenvalue weighted by Crippen LogP contribution is 2.33. The van der Waals surface area contributed by atoms with E-state index in [0.29, 0.717) is 12.2 Å². The molecule has 2 amide bonds. The molecule has 2 atom stereocenters. The molecule has 0 aliphatic carbocycles. The topological polar surface area (TPSA) is 78.9 Å². The molecule has 0 saturated carbocycles. The summed E-state index contributed by atoms with van der Waals surface area (Å²) in [6, 6.07) is 9.61. The van der Waals surface area contributed by atoms with Gasteiger partial charge in [0, 0.05) is 35.1 Å². The zero-order valence-corrected chi connectivity index (χ0v) is 18.0. The van der Waals surface area contributed by atoms with E-state index < -0.39 is 29.8 Å². The second-order valence-corrected chi connectivity index (χ2v) is 8.12. The SMILES string of the molecule is COc1ccc([C@@H]2CN(C(=O)O)CC[C@H]2NC(=O)c2cc(Br)cc(C(F)(F)F)c2)cc1. The van der Waals surface area contributed by atoms with Crippen LogP contribution in [0.1, 0.15) is 33.8 Å². The molecule has 0 spiro atoms. The van der Waals surface area contributed by atoms with Crippen molar-refractivity contribution in [2.45, 2.75) is 24.6 Å². The molecule has 1 aliphatic rings. The van der Waals surface area contributed by atoms with E-state index >= 15 is 0 Å². The fraction of sp³-hybridized carbons (Fsp3) is 0.333. The third kappa shape index (κ3) is 5.49. The van der Waals surface area contributed by atoms with Crippen LogP contribution in [-0.4, -0.2) is 48.2 Å². The lowest BCUT2D eigenvalue weighted by molar-refractivity contribution is -0.137. The standard InChI is InChI=1S/C21H20BrF3N2O4/c1-31-16-4-2-12(3-5-16)17-11-27(20(29)30)7-6-18(17)26-19(28)13-8-14(21(23,24)25)10-15(22)9-13/h2-5,8-10,17-18H,6-7,11H2,1H3,(H,26,28)(H,29,30)/t17-,18+/m0/s1. The van der Waals surface area contributed by atoms with Crippen LogP contribution in [0.4, 0.5) is 18.0 Å². The maximum atomic E-state index is 13.1. The minimum absolute atomic E-state index is 0.129. The number of ether oxygens (including phenoxy) is 1. The smallest absolute Gasteiger partial charge is 0.416 e. The highest BCUT2D eigenvalue weighted by molar-refractivity contribution is 9.10. The van der Waals surface area contributed by atoms with Crippen molar-refractivity contribution >= 4 is 27.9 Å². The number of nitrogens with zero attached hydrogens (tertiary/aromatic N) is 1. The molecule has 166 valence electrons. The maximum absolute atomic E-state index is 13.1. The summed E-state index contributed by atoms with van der Waals surface area (Å²) in [6.07, 6.45) is -5.32. The van der Waals surface area contributed by atoms with Crippen LogP contribution >= 0.6 is 15.9 Å². The Hall–Kier alpha value is -2.75. The van der Waals surface area contributed by atoms with E-state index in [-0.39, 0.29) is 29.0 Å². The van der Waals surface area contributed by atoms with Gasteiger partial charge in [-0.05, 0) is 42.3 Å². The van der Waals surface area contributed by atoms with Gasteiger partial charge < -0.3 is 20.1 Å². The summed E-state index contributed by atoms with van der Waals surface area (Å²) in [5, 5.41) is 12.2. The number of piperidine rings is 1. The Morgan fingerprint density at radius 2 is 1.87 bits per heavy atom. The number of halogens is 4. The number of hydrogen-bond acceptors (Lipinski definition) is 3. The van der Waals surface area contributed by atoms with Crippen molar-refractivity contribution in [1.29, 1.82) is 0 Å². The zero-order chi connectivity index (χ0) is 22.8. The lowest BCUT2D eigenvalue weighted by Gasteiger charge is -2.38. The Morgan fingerprint density at radius 1 is 1.19 bits per heavy atom. The molecule has 6 nitrogen and oxygen atoms in total. The lowest BCUT2D eigenvalue weighted by atomic mass is 9.85. The van der Waals surface area contributed by atoms with Gasteiger partial charge in [0.15, 0.2) is 0 Å². The normalized spacial score (nSPS) is 19.1. The Kier molecular flexibility index (Phi) is 6.78. The van der Waals surface area contributed by atoms with Gasteiger partial charge in [0.05, 0.1) is 12.7 Å². The summed E-state index contributed by atoms with van der Waals surface area (Å²) in [5.74, 6) is -0.392. The van der Waals surface area contributed by atoms with E-state index in [9.17, 15) is 27.9 Å². The number of rotatable bonds is 4. The molecule has 2 aromatic carbocycles. The van der Waals surface area contributed by atoms with Gasteiger partial charge in [-0.1, -0.05) is 28.1 Å². The first-order chi connectivity index (χ1) is 14.6. The molecule has 1 aliphatic heterocycles. The lowest BCUT2D eigenvalue weighted by Crippen LogP contribution is -2.51. The molecule has 0 aromatic heterocycles. The maximum Gasteiger partial charge on any atom is 0.416 e. The molecule has 0 radical (unpaired) electrons. The molecule has 3 rings (SSSR count). The predicted octanol–water partition coefficient (Wildman–Crippen LogP) is 4.74. The van der Waals surface area contributed by atoms with E-state index in [1.54, 1.807) is 24.3 Å². The van der Waals surface area contributed by atoms with Crippen molar-refractivity contribution in [3.63, 3.8) is 0 Å². The van der Waals surface area contributed by atoms with Gasteiger partial charge in [-0.3, -0.25) is 4.79 Å². The molecule has 2 N–H and O–H groups in total. The molecule has 2 aromatic rings. The number of benzene rings is 2. The first kappa shape index (κ1) is 22.9. The highest BCUT2D eigenvalue weighted by atomic mass is 79.9. The first-order valence-corrected chi connectivity index (χ1v) is 10.2. The quantitative estimate of drug-likeness (QED) is 0.635. The second kappa shape index (κ2) is 9.17.